The van der Waals surface area contributed by atoms with Gasteiger partial charge in [-0.2, -0.15) is 5.26 Å². The number of rotatable bonds is 3. The summed E-state index contributed by atoms with van der Waals surface area (Å²) in [7, 11) is 0. The van der Waals surface area contributed by atoms with Crippen molar-refractivity contribution in [3.05, 3.63) is 121 Å². The Morgan fingerprint density at radius 3 is 1.83 bits per heavy atom. The van der Waals surface area contributed by atoms with Crippen molar-refractivity contribution in [2.75, 3.05) is 5.32 Å². The molecule has 0 aliphatic rings. The Hall–Kier alpha value is -5.07. The van der Waals surface area contributed by atoms with E-state index in [1.54, 1.807) is 0 Å². The highest BCUT2D eigenvalue weighted by molar-refractivity contribution is 6.30. The Labute approximate surface area is 207 Å². The van der Waals surface area contributed by atoms with Crippen molar-refractivity contribution in [3.8, 4) is 17.2 Å². The van der Waals surface area contributed by atoms with Crippen molar-refractivity contribution in [1.82, 2.24) is 0 Å². The average molecular weight is 461 g/mol. The minimum atomic E-state index is 0.666. The maximum absolute atomic E-state index is 9.01. The molecule has 0 fully saturated rings. The van der Waals surface area contributed by atoms with Crippen molar-refractivity contribution >= 4 is 54.9 Å². The van der Waals surface area contributed by atoms with Gasteiger partial charge in [0.25, 0.3) is 0 Å². The highest BCUT2D eigenvalue weighted by atomic mass is 16.3. The van der Waals surface area contributed by atoms with Gasteiger partial charge < -0.3 is 9.73 Å². The molecule has 3 heteroatoms. The smallest absolute Gasteiger partial charge is 0.143 e. The van der Waals surface area contributed by atoms with E-state index in [-0.39, 0.29) is 0 Å². The van der Waals surface area contributed by atoms with Crippen LogP contribution < -0.4 is 5.32 Å². The fourth-order valence-electron chi connectivity index (χ4n) is 5.13. The van der Waals surface area contributed by atoms with Crippen molar-refractivity contribution in [2.24, 2.45) is 0 Å². The van der Waals surface area contributed by atoms with Crippen LogP contribution in [0.5, 0.6) is 0 Å². The zero-order chi connectivity index (χ0) is 24.1. The molecule has 0 radical (unpaired) electrons. The zero-order valence-corrected chi connectivity index (χ0v) is 19.3. The van der Waals surface area contributed by atoms with Gasteiger partial charge in [-0.05, 0) is 63.7 Å². The van der Waals surface area contributed by atoms with E-state index in [0.29, 0.717) is 5.56 Å². The lowest BCUT2D eigenvalue weighted by molar-refractivity contribution is 0.673. The van der Waals surface area contributed by atoms with Crippen LogP contribution in [0.3, 0.4) is 0 Å². The van der Waals surface area contributed by atoms with Crippen LogP contribution in [0.2, 0.25) is 0 Å². The number of furan rings is 1. The van der Waals surface area contributed by atoms with E-state index in [0.717, 1.165) is 49.8 Å². The van der Waals surface area contributed by atoms with Gasteiger partial charge in [-0.25, -0.2) is 0 Å². The van der Waals surface area contributed by atoms with E-state index in [1.807, 2.05) is 24.3 Å². The first-order chi connectivity index (χ1) is 17.8. The Balaban J connectivity index is 1.28. The van der Waals surface area contributed by atoms with Gasteiger partial charge in [-0.3, -0.25) is 0 Å². The second kappa shape index (κ2) is 8.01. The third kappa shape index (κ3) is 3.20. The number of nitrogens with zero attached hydrogens (tertiary/aromatic N) is 1. The van der Waals surface area contributed by atoms with E-state index in [2.05, 4.69) is 102 Å². The molecule has 168 valence electrons. The van der Waals surface area contributed by atoms with E-state index < -0.39 is 0 Å². The van der Waals surface area contributed by atoms with Crippen LogP contribution in [-0.2, 0) is 0 Å². The largest absolute Gasteiger partial charge is 0.455 e. The van der Waals surface area contributed by atoms with Gasteiger partial charge in [0.05, 0.1) is 11.6 Å². The van der Waals surface area contributed by atoms with Gasteiger partial charge in [0, 0.05) is 33.6 Å². The van der Waals surface area contributed by atoms with E-state index in [9.17, 15) is 0 Å². The van der Waals surface area contributed by atoms with Gasteiger partial charge in [-0.1, -0.05) is 72.8 Å². The van der Waals surface area contributed by atoms with Crippen molar-refractivity contribution in [2.45, 2.75) is 0 Å². The Kier molecular flexibility index (Phi) is 4.52. The molecule has 0 aliphatic carbocycles. The predicted octanol–water partition coefficient (Wildman–Crippen LogP) is 9.17. The minimum absolute atomic E-state index is 0.666. The first-order valence-electron chi connectivity index (χ1n) is 11.9. The highest BCUT2D eigenvalue weighted by Crippen LogP contribution is 2.41. The molecule has 0 bridgehead atoms. The summed E-state index contributed by atoms with van der Waals surface area (Å²) in [5.41, 5.74) is 6.63. The molecule has 7 rings (SSSR count). The molecule has 1 N–H and O–H groups in total. The van der Waals surface area contributed by atoms with Gasteiger partial charge in [-0.15, -0.1) is 0 Å². The second-order valence-corrected chi connectivity index (χ2v) is 9.00. The maximum Gasteiger partial charge on any atom is 0.143 e. The number of benzene rings is 6. The molecule has 0 unspecified atom stereocenters. The van der Waals surface area contributed by atoms with Gasteiger partial charge >= 0.3 is 0 Å². The lowest BCUT2D eigenvalue weighted by atomic mass is 9.97. The van der Waals surface area contributed by atoms with E-state index in [4.69, 9.17) is 9.68 Å². The quantitative estimate of drug-likeness (QED) is 0.267. The van der Waals surface area contributed by atoms with Crippen LogP contribution in [-0.4, -0.2) is 0 Å². The molecule has 0 aliphatic heterocycles. The number of anilines is 2. The summed E-state index contributed by atoms with van der Waals surface area (Å²) < 4.78 is 6.49. The molecule has 1 aromatic heterocycles. The molecule has 6 aromatic carbocycles. The van der Waals surface area contributed by atoms with Gasteiger partial charge in [0.15, 0.2) is 0 Å². The summed E-state index contributed by atoms with van der Waals surface area (Å²) in [6.07, 6.45) is 0. The maximum atomic E-state index is 9.01. The summed E-state index contributed by atoms with van der Waals surface area (Å²) in [6, 6.07) is 41.4. The normalized spacial score (nSPS) is 11.3. The Morgan fingerprint density at radius 1 is 0.556 bits per heavy atom. The SMILES string of the molecule is N#Cc1ccc(-c2ccc(Nc3ccc4c(c3)oc3c5ccccc5c5ccccc5c43)cc2)cc1. The summed E-state index contributed by atoms with van der Waals surface area (Å²) in [6.45, 7) is 0. The number of fused-ring (bicyclic) bond motifs is 8. The van der Waals surface area contributed by atoms with Crippen LogP contribution in [0.1, 0.15) is 5.56 Å². The second-order valence-electron chi connectivity index (χ2n) is 9.00. The molecule has 1 heterocycles. The number of hydrogen-bond acceptors (Lipinski definition) is 3. The molecule has 3 nitrogen and oxygen atoms in total. The molecule has 0 amide bonds. The zero-order valence-electron chi connectivity index (χ0n) is 19.3. The molecule has 7 aromatic rings. The van der Waals surface area contributed by atoms with Crippen LogP contribution in [0.25, 0.3) is 54.6 Å². The average Bonchev–Trinajstić information content (AvgIpc) is 3.33. The third-order valence-corrected chi connectivity index (χ3v) is 6.87. The van der Waals surface area contributed by atoms with Crippen molar-refractivity contribution < 1.29 is 4.42 Å². The first-order valence-corrected chi connectivity index (χ1v) is 11.9. The Morgan fingerprint density at radius 2 is 1.14 bits per heavy atom. The topological polar surface area (TPSA) is 49.0 Å². The van der Waals surface area contributed by atoms with E-state index in [1.165, 1.54) is 16.2 Å². The minimum Gasteiger partial charge on any atom is -0.455 e. The summed E-state index contributed by atoms with van der Waals surface area (Å²) in [5, 5.41) is 19.6. The van der Waals surface area contributed by atoms with Crippen molar-refractivity contribution in [3.63, 3.8) is 0 Å². The summed E-state index contributed by atoms with van der Waals surface area (Å²) >= 11 is 0. The van der Waals surface area contributed by atoms with E-state index >= 15 is 0 Å². The lowest BCUT2D eigenvalue weighted by Crippen LogP contribution is -1.90. The van der Waals surface area contributed by atoms with Crippen LogP contribution >= 0.6 is 0 Å². The molecular weight excluding hydrogens is 440 g/mol. The van der Waals surface area contributed by atoms with Crippen LogP contribution in [0, 0.1) is 11.3 Å². The van der Waals surface area contributed by atoms with Crippen LogP contribution in [0.4, 0.5) is 11.4 Å². The third-order valence-electron chi connectivity index (χ3n) is 6.87. The molecular formula is C33H20N2O. The molecule has 0 spiro atoms. The molecule has 0 atom stereocenters. The summed E-state index contributed by atoms with van der Waals surface area (Å²) in [5.74, 6) is 0. The monoisotopic (exact) mass is 460 g/mol. The van der Waals surface area contributed by atoms with Crippen molar-refractivity contribution in [1.29, 1.82) is 5.26 Å². The molecule has 0 saturated carbocycles. The molecule has 36 heavy (non-hydrogen) atoms. The van der Waals surface area contributed by atoms with Crippen LogP contribution in [0.15, 0.2) is 120 Å². The predicted molar refractivity (Wildman–Crippen MR) is 149 cm³/mol. The number of hydrogen-bond donors (Lipinski definition) is 1. The molecule has 0 saturated heterocycles. The fraction of sp³-hybridized carbons (Fsp3) is 0. The lowest BCUT2D eigenvalue weighted by Gasteiger charge is -2.08. The highest BCUT2D eigenvalue weighted by Gasteiger charge is 2.15. The number of nitriles is 1. The van der Waals surface area contributed by atoms with Gasteiger partial charge in [0.1, 0.15) is 11.2 Å². The first kappa shape index (κ1) is 20.3. The Bertz CT molecular complexity index is 1960. The fourth-order valence-corrected chi connectivity index (χ4v) is 5.13. The van der Waals surface area contributed by atoms with Gasteiger partial charge in [0.2, 0.25) is 0 Å². The standard InChI is InChI=1S/C33H20N2O/c34-20-21-9-11-22(12-10-21)23-13-15-24(16-14-23)35-25-17-18-30-31(19-25)36-33-29-8-4-2-6-27(29)26-5-1-3-7-28(26)32(30)33/h1-19,35H. The number of nitrogens with one attached hydrogen (secondary N) is 1. The summed E-state index contributed by atoms with van der Waals surface area (Å²) in [4.78, 5) is 0.